The maximum absolute atomic E-state index is 6.02. The summed E-state index contributed by atoms with van der Waals surface area (Å²) in [6, 6.07) is 0. The first-order chi connectivity index (χ1) is 8.16. The van der Waals surface area contributed by atoms with Gasteiger partial charge in [0.05, 0.1) is 6.10 Å². The molecular formula is C12H18ClN3O. The van der Waals surface area contributed by atoms with Crippen LogP contribution in [0.5, 0.6) is 0 Å². The largest absolute Gasteiger partial charge is 0.376 e. The Morgan fingerprint density at radius 3 is 2.88 bits per heavy atom. The van der Waals surface area contributed by atoms with Crippen molar-refractivity contribution in [3.63, 3.8) is 0 Å². The number of rotatable bonds is 3. The van der Waals surface area contributed by atoms with Crippen LogP contribution < -0.4 is 5.32 Å². The highest BCUT2D eigenvalue weighted by molar-refractivity contribution is 6.30. The van der Waals surface area contributed by atoms with Crippen molar-refractivity contribution in [2.75, 3.05) is 18.5 Å². The lowest BCUT2D eigenvalue weighted by Crippen LogP contribution is -2.27. The van der Waals surface area contributed by atoms with Crippen molar-refractivity contribution in [3.8, 4) is 0 Å². The number of anilines is 1. The van der Waals surface area contributed by atoms with Gasteiger partial charge in [-0.1, -0.05) is 11.6 Å². The SMILES string of the molecule is Cc1nc(Cl)c(C)c(NCC2CCCCO2)n1. The molecule has 0 radical (unpaired) electrons. The smallest absolute Gasteiger partial charge is 0.137 e. The first-order valence-corrected chi connectivity index (χ1v) is 6.41. The molecule has 2 heterocycles. The second kappa shape index (κ2) is 5.65. The number of aryl methyl sites for hydroxylation is 1. The summed E-state index contributed by atoms with van der Waals surface area (Å²) in [7, 11) is 0. The van der Waals surface area contributed by atoms with Gasteiger partial charge < -0.3 is 10.1 Å². The monoisotopic (exact) mass is 255 g/mol. The number of halogens is 1. The van der Waals surface area contributed by atoms with Crippen LogP contribution >= 0.6 is 11.6 Å². The lowest BCUT2D eigenvalue weighted by atomic mass is 10.1. The van der Waals surface area contributed by atoms with Crippen LogP contribution in [0.4, 0.5) is 5.82 Å². The lowest BCUT2D eigenvalue weighted by Gasteiger charge is -2.23. The van der Waals surface area contributed by atoms with Crippen molar-refractivity contribution in [1.82, 2.24) is 9.97 Å². The Kier molecular flexibility index (Phi) is 4.18. The molecule has 0 saturated carbocycles. The molecule has 1 fully saturated rings. The molecule has 0 bridgehead atoms. The van der Waals surface area contributed by atoms with Gasteiger partial charge in [-0.3, -0.25) is 0 Å². The topological polar surface area (TPSA) is 47.0 Å². The van der Waals surface area contributed by atoms with Gasteiger partial charge in [0, 0.05) is 18.7 Å². The Hall–Kier alpha value is -0.870. The van der Waals surface area contributed by atoms with Crippen molar-refractivity contribution in [3.05, 3.63) is 16.5 Å². The van der Waals surface area contributed by atoms with E-state index >= 15 is 0 Å². The quantitative estimate of drug-likeness (QED) is 0.844. The van der Waals surface area contributed by atoms with Gasteiger partial charge in [0.15, 0.2) is 0 Å². The molecule has 1 N–H and O–H groups in total. The van der Waals surface area contributed by atoms with Crippen LogP contribution in [0.15, 0.2) is 0 Å². The molecule has 1 atom stereocenters. The highest BCUT2D eigenvalue weighted by Crippen LogP contribution is 2.20. The molecule has 4 nitrogen and oxygen atoms in total. The Balaban J connectivity index is 1.98. The molecular weight excluding hydrogens is 238 g/mol. The van der Waals surface area contributed by atoms with Gasteiger partial charge in [0.2, 0.25) is 0 Å². The molecule has 1 aromatic heterocycles. The van der Waals surface area contributed by atoms with Crippen LogP contribution in [0.3, 0.4) is 0 Å². The molecule has 1 aromatic rings. The average Bonchev–Trinajstić information content (AvgIpc) is 2.33. The predicted octanol–water partition coefficient (Wildman–Crippen LogP) is 2.73. The average molecular weight is 256 g/mol. The maximum atomic E-state index is 6.02. The minimum atomic E-state index is 0.289. The molecule has 1 unspecified atom stereocenters. The number of hydrogen-bond acceptors (Lipinski definition) is 4. The summed E-state index contributed by atoms with van der Waals surface area (Å²) < 4.78 is 5.66. The van der Waals surface area contributed by atoms with Crippen LogP contribution in [0.1, 0.15) is 30.7 Å². The van der Waals surface area contributed by atoms with Gasteiger partial charge in [-0.05, 0) is 33.1 Å². The van der Waals surface area contributed by atoms with Crippen LogP contribution in [0, 0.1) is 13.8 Å². The minimum Gasteiger partial charge on any atom is -0.376 e. The molecule has 0 aliphatic carbocycles. The zero-order valence-electron chi connectivity index (χ0n) is 10.3. The van der Waals surface area contributed by atoms with Gasteiger partial charge >= 0.3 is 0 Å². The Bertz CT molecular complexity index is 392. The first-order valence-electron chi connectivity index (χ1n) is 6.03. The number of aromatic nitrogens is 2. The molecule has 5 heteroatoms. The van der Waals surface area contributed by atoms with Crippen LogP contribution in [-0.2, 0) is 4.74 Å². The number of ether oxygens (including phenoxy) is 1. The van der Waals surface area contributed by atoms with E-state index in [1.807, 2.05) is 13.8 Å². The summed E-state index contributed by atoms with van der Waals surface area (Å²) in [6.45, 7) is 5.42. The molecule has 1 aliphatic rings. The van der Waals surface area contributed by atoms with E-state index in [0.29, 0.717) is 11.0 Å². The van der Waals surface area contributed by atoms with Gasteiger partial charge in [-0.2, -0.15) is 0 Å². The summed E-state index contributed by atoms with van der Waals surface area (Å²) in [5.74, 6) is 1.50. The van der Waals surface area contributed by atoms with Gasteiger partial charge in [0.1, 0.15) is 16.8 Å². The van der Waals surface area contributed by atoms with Crippen molar-refractivity contribution < 1.29 is 4.74 Å². The third-order valence-electron chi connectivity index (χ3n) is 2.97. The lowest BCUT2D eigenvalue weighted by molar-refractivity contribution is 0.0247. The van der Waals surface area contributed by atoms with Crippen molar-refractivity contribution in [1.29, 1.82) is 0 Å². The minimum absolute atomic E-state index is 0.289. The summed E-state index contributed by atoms with van der Waals surface area (Å²) >= 11 is 6.02. The summed E-state index contributed by atoms with van der Waals surface area (Å²) in [5.41, 5.74) is 0.896. The second-order valence-electron chi connectivity index (χ2n) is 4.40. The van der Waals surface area contributed by atoms with Crippen LogP contribution in [-0.4, -0.2) is 29.2 Å². The fourth-order valence-corrected chi connectivity index (χ4v) is 2.16. The third-order valence-corrected chi connectivity index (χ3v) is 3.34. The van der Waals surface area contributed by atoms with Crippen molar-refractivity contribution >= 4 is 17.4 Å². The molecule has 2 rings (SSSR count). The zero-order chi connectivity index (χ0) is 12.3. The predicted molar refractivity (Wildman–Crippen MR) is 68.6 cm³/mol. The second-order valence-corrected chi connectivity index (χ2v) is 4.76. The molecule has 0 spiro atoms. The molecule has 0 aromatic carbocycles. The van der Waals surface area contributed by atoms with Crippen LogP contribution in [0.25, 0.3) is 0 Å². The van der Waals surface area contributed by atoms with E-state index in [0.717, 1.165) is 31.0 Å². The van der Waals surface area contributed by atoms with E-state index in [1.54, 1.807) is 0 Å². The molecule has 1 saturated heterocycles. The number of nitrogens with one attached hydrogen (secondary N) is 1. The van der Waals surface area contributed by atoms with Gasteiger partial charge in [-0.25, -0.2) is 9.97 Å². The highest BCUT2D eigenvalue weighted by Gasteiger charge is 2.14. The Morgan fingerprint density at radius 1 is 1.35 bits per heavy atom. The highest BCUT2D eigenvalue weighted by atomic mass is 35.5. The van der Waals surface area contributed by atoms with E-state index in [4.69, 9.17) is 16.3 Å². The van der Waals surface area contributed by atoms with Crippen LogP contribution in [0.2, 0.25) is 5.15 Å². The first kappa shape index (κ1) is 12.6. The van der Waals surface area contributed by atoms with Crippen molar-refractivity contribution in [2.24, 2.45) is 0 Å². The van der Waals surface area contributed by atoms with E-state index in [1.165, 1.54) is 12.8 Å². The van der Waals surface area contributed by atoms with E-state index < -0.39 is 0 Å². The Morgan fingerprint density at radius 2 is 2.18 bits per heavy atom. The Labute approximate surface area is 107 Å². The molecule has 0 amide bonds. The van der Waals surface area contributed by atoms with Gasteiger partial charge in [-0.15, -0.1) is 0 Å². The normalized spacial score (nSPS) is 20.3. The maximum Gasteiger partial charge on any atom is 0.137 e. The zero-order valence-corrected chi connectivity index (χ0v) is 11.0. The van der Waals surface area contributed by atoms with E-state index in [2.05, 4.69) is 15.3 Å². The fourth-order valence-electron chi connectivity index (χ4n) is 1.95. The third kappa shape index (κ3) is 3.30. The van der Waals surface area contributed by atoms with E-state index in [-0.39, 0.29) is 6.10 Å². The molecule has 94 valence electrons. The standard InChI is InChI=1S/C12H18ClN3O/c1-8-11(13)15-9(2)16-12(8)14-7-10-5-3-4-6-17-10/h10H,3-7H2,1-2H3,(H,14,15,16). The molecule has 1 aliphatic heterocycles. The number of hydrogen-bond donors (Lipinski definition) is 1. The summed E-state index contributed by atoms with van der Waals surface area (Å²) in [6.07, 6.45) is 3.82. The van der Waals surface area contributed by atoms with Crippen molar-refractivity contribution in [2.45, 2.75) is 39.2 Å². The molecule has 17 heavy (non-hydrogen) atoms. The fraction of sp³-hybridized carbons (Fsp3) is 0.667. The summed E-state index contributed by atoms with van der Waals surface area (Å²) in [5, 5.41) is 3.82. The van der Waals surface area contributed by atoms with Gasteiger partial charge in [0.25, 0.3) is 0 Å². The number of nitrogens with zero attached hydrogens (tertiary/aromatic N) is 2. The van der Waals surface area contributed by atoms with E-state index in [9.17, 15) is 0 Å². The summed E-state index contributed by atoms with van der Waals surface area (Å²) in [4.78, 5) is 8.47.